The minimum atomic E-state index is -0.515. The summed E-state index contributed by atoms with van der Waals surface area (Å²) in [4.78, 5) is 28.7. The van der Waals surface area contributed by atoms with Gasteiger partial charge in [-0.05, 0) is 6.42 Å². The van der Waals surface area contributed by atoms with Gasteiger partial charge in [0.05, 0.1) is 6.04 Å². The lowest BCUT2D eigenvalue weighted by atomic mass is 10.2. The molecule has 6 nitrogen and oxygen atoms in total. The summed E-state index contributed by atoms with van der Waals surface area (Å²) in [7, 11) is 3.44. The van der Waals surface area contributed by atoms with Crippen LogP contribution in [0.3, 0.4) is 0 Å². The first-order chi connectivity index (χ1) is 8.47. The first-order valence-electron chi connectivity index (χ1n) is 6.09. The molecule has 0 aromatic rings. The molecule has 1 aliphatic heterocycles. The zero-order valence-electron chi connectivity index (χ0n) is 11.1. The number of nitrogens with two attached hydrogens (primary N) is 1. The normalized spacial score (nSPS) is 17.3. The molecule has 0 aromatic heterocycles. The van der Waals surface area contributed by atoms with E-state index >= 15 is 0 Å². The van der Waals surface area contributed by atoms with Crippen molar-refractivity contribution < 1.29 is 9.59 Å². The highest BCUT2D eigenvalue weighted by Gasteiger charge is 2.27. The molecule has 3 amide bonds. The molecule has 1 heterocycles. The molecule has 18 heavy (non-hydrogen) atoms. The fourth-order valence-corrected chi connectivity index (χ4v) is 1.92. The van der Waals surface area contributed by atoms with Gasteiger partial charge in [-0.15, -0.1) is 6.58 Å². The minimum absolute atomic E-state index is 0.0162. The average molecular weight is 254 g/mol. The molecule has 0 radical (unpaired) electrons. The molecule has 0 saturated carbocycles. The molecule has 102 valence electrons. The fourth-order valence-electron chi connectivity index (χ4n) is 1.92. The topological polar surface area (TPSA) is 69.9 Å². The predicted octanol–water partition coefficient (Wildman–Crippen LogP) is -0.284. The van der Waals surface area contributed by atoms with Gasteiger partial charge in [-0.3, -0.25) is 4.79 Å². The highest BCUT2D eigenvalue weighted by atomic mass is 16.2. The Bertz CT molecular complexity index is 322. The van der Waals surface area contributed by atoms with Gasteiger partial charge in [0, 0.05) is 40.3 Å². The van der Waals surface area contributed by atoms with Gasteiger partial charge in [-0.25, -0.2) is 4.79 Å². The van der Waals surface area contributed by atoms with Crippen LogP contribution in [0.4, 0.5) is 4.79 Å². The number of hydrogen-bond acceptors (Lipinski definition) is 3. The second-order valence-corrected chi connectivity index (χ2v) is 4.62. The smallest absolute Gasteiger partial charge is 0.319 e. The van der Waals surface area contributed by atoms with Crippen LogP contribution in [0.15, 0.2) is 12.7 Å². The predicted molar refractivity (Wildman–Crippen MR) is 70.0 cm³/mol. The Labute approximate surface area is 108 Å². The number of hydrogen-bond donors (Lipinski definition) is 1. The van der Waals surface area contributed by atoms with Gasteiger partial charge in [0.15, 0.2) is 0 Å². The summed E-state index contributed by atoms with van der Waals surface area (Å²) in [5.41, 5.74) is 5.75. The van der Waals surface area contributed by atoms with Crippen molar-refractivity contribution in [2.75, 3.05) is 40.3 Å². The highest BCUT2D eigenvalue weighted by Crippen LogP contribution is 2.06. The van der Waals surface area contributed by atoms with E-state index in [0.717, 1.165) is 0 Å². The summed E-state index contributed by atoms with van der Waals surface area (Å²) in [6.45, 7) is 5.78. The lowest BCUT2D eigenvalue weighted by Crippen LogP contribution is -2.55. The first-order valence-corrected chi connectivity index (χ1v) is 6.09. The van der Waals surface area contributed by atoms with Gasteiger partial charge in [-0.1, -0.05) is 6.08 Å². The molecule has 1 unspecified atom stereocenters. The second-order valence-electron chi connectivity index (χ2n) is 4.62. The van der Waals surface area contributed by atoms with Crippen molar-refractivity contribution in [1.29, 1.82) is 0 Å². The lowest BCUT2D eigenvalue weighted by molar-refractivity contribution is -0.134. The van der Waals surface area contributed by atoms with E-state index in [4.69, 9.17) is 5.73 Å². The summed E-state index contributed by atoms with van der Waals surface area (Å²) < 4.78 is 0. The van der Waals surface area contributed by atoms with Crippen LogP contribution in [0.2, 0.25) is 0 Å². The number of urea groups is 1. The quantitative estimate of drug-likeness (QED) is 0.704. The Morgan fingerprint density at radius 1 is 1.28 bits per heavy atom. The molecular formula is C12H22N4O2. The van der Waals surface area contributed by atoms with E-state index in [0.29, 0.717) is 32.6 Å². The summed E-state index contributed by atoms with van der Waals surface area (Å²) in [6.07, 6.45) is 2.13. The van der Waals surface area contributed by atoms with Crippen molar-refractivity contribution in [3.63, 3.8) is 0 Å². The van der Waals surface area contributed by atoms with Crippen LogP contribution in [0.25, 0.3) is 0 Å². The summed E-state index contributed by atoms with van der Waals surface area (Å²) >= 11 is 0. The van der Waals surface area contributed by atoms with E-state index in [1.165, 1.54) is 0 Å². The van der Waals surface area contributed by atoms with Gasteiger partial charge >= 0.3 is 6.03 Å². The standard InChI is InChI=1S/C12H22N4O2/c1-4-5-10(13)11(17)15-6-8-16(9-7-15)12(18)14(2)3/h4,10H,1,5-9,13H2,2-3H3. The molecule has 1 rings (SSSR count). The molecule has 1 aliphatic rings. The van der Waals surface area contributed by atoms with E-state index in [-0.39, 0.29) is 11.9 Å². The molecule has 0 spiro atoms. The van der Waals surface area contributed by atoms with Crippen LogP contribution in [0, 0.1) is 0 Å². The summed E-state index contributed by atoms with van der Waals surface area (Å²) in [5.74, 6) is -0.0631. The van der Waals surface area contributed by atoms with Crippen LogP contribution in [-0.2, 0) is 4.79 Å². The third-order valence-electron chi connectivity index (χ3n) is 2.98. The van der Waals surface area contributed by atoms with Crippen molar-refractivity contribution in [2.45, 2.75) is 12.5 Å². The Morgan fingerprint density at radius 2 is 1.78 bits per heavy atom. The molecule has 0 bridgehead atoms. The summed E-state index contributed by atoms with van der Waals surface area (Å²) in [5, 5.41) is 0. The largest absolute Gasteiger partial charge is 0.338 e. The van der Waals surface area contributed by atoms with Crippen LogP contribution >= 0.6 is 0 Å². The van der Waals surface area contributed by atoms with E-state index in [2.05, 4.69) is 6.58 Å². The maximum atomic E-state index is 11.9. The minimum Gasteiger partial charge on any atom is -0.338 e. The van der Waals surface area contributed by atoms with Crippen LogP contribution in [0.1, 0.15) is 6.42 Å². The zero-order valence-corrected chi connectivity index (χ0v) is 11.1. The molecule has 0 aromatic carbocycles. The lowest BCUT2D eigenvalue weighted by Gasteiger charge is -2.36. The van der Waals surface area contributed by atoms with Crippen molar-refractivity contribution in [2.24, 2.45) is 5.73 Å². The Hall–Kier alpha value is -1.56. The Morgan fingerprint density at radius 3 is 2.22 bits per heavy atom. The third-order valence-corrected chi connectivity index (χ3v) is 2.98. The third kappa shape index (κ3) is 3.46. The Balaban J connectivity index is 2.46. The zero-order chi connectivity index (χ0) is 13.7. The molecule has 1 saturated heterocycles. The molecule has 0 aliphatic carbocycles. The van der Waals surface area contributed by atoms with Gasteiger partial charge in [0.1, 0.15) is 0 Å². The van der Waals surface area contributed by atoms with Crippen molar-refractivity contribution in [3.05, 3.63) is 12.7 Å². The van der Waals surface area contributed by atoms with E-state index < -0.39 is 6.04 Å². The maximum Gasteiger partial charge on any atom is 0.319 e. The van der Waals surface area contributed by atoms with Crippen molar-refractivity contribution >= 4 is 11.9 Å². The van der Waals surface area contributed by atoms with Crippen LogP contribution in [-0.4, -0.2) is 73.0 Å². The van der Waals surface area contributed by atoms with Gasteiger partial charge in [0.2, 0.25) is 5.91 Å². The Kier molecular flexibility index (Phi) is 5.15. The van der Waals surface area contributed by atoms with Gasteiger partial charge in [0.25, 0.3) is 0 Å². The number of rotatable bonds is 3. The summed E-state index contributed by atoms with van der Waals surface area (Å²) in [6, 6.07) is -0.531. The molecule has 2 N–H and O–H groups in total. The number of carbonyl (C=O) groups is 2. The average Bonchev–Trinajstić information content (AvgIpc) is 2.37. The van der Waals surface area contributed by atoms with E-state index in [9.17, 15) is 9.59 Å². The molecular weight excluding hydrogens is 232 g/mol. The van der Waals surface area contributed by atoms with E-state index in [1.807, 2.05) is 0 Å². The number of amides is 3. The fraction of sp³-hybridized carbons (Fsp3) is 0.667. The van der Waals surface area contributed by atoms with Crippen LogP contribution in [0.5, 0.6) is 0 Å². The van der Waals surface area contributed by atoms with Crippen molar-refractivity contribution in [3.8, 4) is 0 Å². The number of nitrogens with zero attached hydrogens (tertiary/aromatic N) is 3. The van der Waals surface area contributed by atoms with Crippen LogP contribution < -0.4 is 5.73 Å². The molecule has 1 atom stereocenters. The monoisotopic (exact) mass is 254 g/mol. The first kappa shape index (κ1) is 14.5. The number of carbonyl (C=O) groups excluding carboxylic acids is 2. The second kappa shape index (κ2) is 6.39. The molecule has 1 fully saturated rings. The number of piperazine rings is 1. The SMILES string of the molecule is C=CCC(N)C(=O)N1CCN(C(=O)N(C)C)CC1. The van der Waals surface area contributed by atoms with Crippen molar-refractivity contribution in [1.82, 2.24) is 14.7 Å². The molecule has 6 heteroatoms. The maximum absolute atomic E-state index is 11.9. The highest BCUT2D eigenvalue weighted by molar-refractivity contribution is 5.82. The van der Waals surface area contributed by atoms with Gasteiger partial charge < -0.3 is 20.4 Å². The van der Waals surface area contributed by atoms with E-state index in [1.54, 1.807) is 34.9 Å². The van der Waals surface area contributed by atoms with Gasteiger partial charge in [-0.2, -0.15) is 0 Å².